The molecule has 0 saturated carbocycles. The number of ketones is 1. The summed E-state index contributed by atoms with van der Waals surface area (Å²) >= 11 is 2.88. The van der Waals surface area contributed by atoms with Crippen molar-refractivity contribution < 1.29 is 14.3 Å². The van der Waals surface area contributed by atoms with Gasteiger partial charge < -0.3 is 4.74 Å². The van der Waals surface area contributed by atoms with Crippen LogP contribution in [0.15, 0.2) is 0 Å². The lowest BCUT2D eigenvalue weighted by Crippen LogP contribution is -2.23. The van der Waals surface area contributed by atoms with Gasteiger partial charge in [0.25, 0.3) is 0 Å². The lowest BCUT2D eigenvalue weighted by molar-refractivity contribution is -0.144. The highest BCUT2D eigenvalue weighted by Crippen LogP contribution is 2.02. The second kappa shape index (κ2) is 4.44. The average Bonchev–Trinajstić information content (AvgIpc) is 1.87. The van der Waals surface area contributed by atoms with E-state index in [1.165, 1.54) is 6.92 Å². The normalized spacial score (nSPS) is 12.3. The first kappa shape index (κ1) is 9.62. The fraction of sp³-hybridized carbons (Fsp3) is 0.667. The van der Waals surface area contributed by atoms with Crippen molar-refractivity contribution in [1.29, 1.82) is 0 Å². The van der Waals surface area contributed by atoms with E-state index in [1.807, 2.05) is 0 Å². The van der Waals surface area contributed by atoms with Gasteiger partial charge in [-0.3, -0.25) is 9.59 Å². The van der Waals surface area contributed by atoms with Crippen molar-refractivity contribution >= 4 is 27.7 Å². The molecular formula is C6H9BrO3. The van der Waals surface area contributed by atoms with Crippen LogP contribution in [0.3, 0.4) is 0 Å². The number of halogens is 1. The van der Waals surface area contributed by atoms with Crippen molar-refractivity contribution in [2.75, 3.05) is 6.61 Å². The van der Waals surface area contributed by atoms with Gasteiger partial charge >= 0.3 is 5.97 Å². The Labute approximate surface area is 67.9 Å². The Kier molecular flexibility index (Phi) is 4.27. The largest absolute Gasteiger partial charge is 0.465 e. The quantitative estimate of drug-likeness (QED) is 0.394. The minimum atomic E-state index is -0.799. The maximum Gasteiger partial charge on any atom is 0.327 e. The molecule has 0 unspecified atom stereocenters. The van der Waals surface area contributed by atoms with Gasteiger partial charge in [-0.15, -0.1) is 0 Å². The van der Waals surface area contributed by atoms with E-state index < -0.39 is 10.8 Å². The highest BCUT2D eigenvalue weighted by atomic mass is 79.9. The summed E-state index contributed by atoms with van der Waals surface area (Å²) in [5.74, 6) is -0.756. The van der Waals surface area contributed by atoms with Crippen molar-refractivity contribution in [2.45, 2.75) is 18.7 Å². The molecule has 0 aliphatic rings. The van der Waals surface area contributed by atoms with E-state index in [1.54, 1.807) is 6.92 Å². The number of Topliss-reactive ketones (excluding diaryl/α,β-unsaturated/α-hetero) is 1. The van der Waals surface area contributed by atoms with E-state index in [2.05, 4.69) is 20.7 Å². The van der Waals surface area contributed by atoms with Crippen molar-refractivity contribution in [1.82, 2.24) is 0 Å². The SMILES string of the molecule is CCOC(=O)[C@@H](Br)C(C)=O. The third kappa shape index (κ3) is 2.96. The summed E-state index contributed by atoms with van der Waals surface area (Å²) in [6.07, 6.45) is 0. The van der Waals surface area contributed by atoms with E-state index in [9.17, 15) is 9.59 Å². The van der Waals surface area contributed by atoms with Gasteiger partial charge in [0.05, 0.1) is 6.61 Å². The first-order valence-corrected chi connectivity index (χ1v) is 3.82. The Hall–Kier alpha value is -0.380. The molecule has 0 saturated heterocycles. The number of carbonyl (C=O) groups excluding carboxylic acids is 2. The maximum atomic E-state index is 10.7. The van der Waals surface area contributed by atoms with Crippen molar-refractivity contribution in [2.24, 2.45) is 0 Å². The van der Waals surface area contributed by atoms with Gasteiger partial charge in [-0.25, -0.2) is 0 Å². The molecule has 0 aromatic rings. The molecule has 0 bridgehead atoms. The third-order valence-corrected chi connectivity index (χ3v) is 1.87. The molecule has 0 aliphatic heterocycles. The first-order valence-electron chi connectivity index (χ1n) is 2.90. The predicted octanol–water partition coefficient (Wildman–Crippen LogP) is 0.902. The Balaban J connectivity index is 3.82. The lowest BCUT2D eigenvalue weighted by atomic mass is 10.3. The monoisotopic (exact) mass is 208 g/mol. The molecule has 58 valence electrons. The van der Waals surface area contributed by atoms with Gasteiger partial charge in [0.2, 0.25) is 0 Å². The maximum absolute atomic E-state index is 10.7. The van der Waals surface area contributed by atoms with Crippen molar-refractivity contribution in [3.63, 3.8) is 0 Å². The van der Waals surface area contributed by atoms with Gasteiger partial charge in [0, 0.05) is 0 Å². The summed E-state index contributed by atoms with van der Waals surface area (Å²) in [7, 11) is 0. The van der Waals surface area contributed by atoms with Gasteiger partial charge in [0.1, 0.15) is 0 Å². The standard InChI is InChI=1S/C6H9BrO3/c1-3-10-6(9)5(7)4(2)8/h5H,3H2,1-2H3/t5-/m0/s1. The van der Waals surface area contributed by atoms with Gasteiger partial charge in [0.15, 0.2) is 10.6 Å². The average molecular weight is 209 g/mol. The molecule has 0 N–H and O–H groups in total. The van der Waals surface area contributed by atoms with E-state index >= 15 is 0 Å². The number of rotatable bonds is 3. The van der Waals surface area contributed by atoms with Crippen LogP contribution in [-0.4, -0.2) is 23.2 Å². The minimum absolute atomic E-state index is 0.238. The summed E-state index contributed by atoms with van der Waals surface area (Å²) in [4.78, 5) is 20.4. The van der Waals surface area contributed by atoms with Gasteiger partial charge in [-0.1, -0.05) is 15.9 Å². The molecular weight excluding hydrogens is 200 g/mol. The second-order valence-corrected chi connectivity index (χ2v) is 2.64. The fourth-order valence-electron chi connectivity index (χ4n) is 0.381. The molecule has 10 heavy (non-hydrogen) atoms. The molecule has 4 heteroatoms. The van der Waals surface area contributed by atoms with Gasteiger partial charge in [-0.05, 0) is 13.8 Å². The number of hydrogen-bond donors (Lipinski definition) is 0. The number of carbonyl (C=O) groups is 2. The number of alkyl halides is 1. The van der Waals surface area contributed by atoms with Crippen LogP contribution in [0.4, 0.5) is 0 Å². The Bertz CT molecular complexity index is 144. The highest BCUT2D eigenvalue weighted by molar-refractivity contribution is 9.10. The van der Waals surface area contributed by atoms with Crippen LogP contribution in [0, 0.1) is 0 Å². The molecule has 3 nitrogen and oxygen atoms in total. The number of hydrogen-bond acceptors (Lipinski definition) is 3. The number of ether oxygens (including phenoxy) is 1. The topological polar surface area (TPSA) is 43.4 Å². The van der Waals surface area contributed by atoms with Crippen LogP contribution in [-0.2, 0) is 14.3 Å². The molecule has 1 atom stereocenters. The minimum Gasteiger partial charge on any atom is -0.465 e. The Morgan fingerprint density at radius 1 is 1.60 bits per heavy atom. The van der Waals surface area contributed by atoms with Crippen molar-refractivity contribution in [3.8, 4) is 0 Å². The molecule has 0 aromatic heterocycles. The van der Waals surface area contributed by atoms with Crippen LogP contribution in [0.1, 0.15) is 13.8 Å². The molecule has 0 aromatic carbocycles. The van der Waals surface area contributed by atoms with Crippen molar-refractivity contribution in [3.05, 3.63) is 0 Å². The van der Waals surface area contributed by atoms with Gasteiger partial charge in [-0.2, -0.15) is 0 Å². The Morgan fingerprint density at radius 2 is 2.10 bits per heavy atom. The van der Waals surface area contributed by atoms with Crippen LogP contribution in [0.25, 0.3) is 0 Å². The van der Waals surface area contributed by atoms with E-state index in [0.29, 0.717) is 6.61 Å². The first-order chi connectivity index (χ1) is 4.59. The highest BCUT2D eigenvalue weighted by Gasteiger charge is 2.19. The molecule has 0 heterocycles. The van der Waals surface area contributed by atoms with E-state index in [-0.39, 0.29) is 5.78 Å². The van der Waals surface area contributed by atoms with Crippen LogP contribution >= 0.6 is 15.9 Å². The zero-order valence-electron chi connectivity index (χ0n) is 5.89. The Morgan fingerprint density at radius 3 is 2.40 bits per heavy atom. The van der Waals surface area contributed by atoms with Crippen LogP contribution < -0.4 is 0 Å². The third-order valence-electron chi connectivity index (χ3n) is 0.850. The predicted molar refractivity (Wildman–Crippen MR) is 40.0 cm³/mol. The molecule has 0 fully saturated rings. The van der Waals surface area contributed by atoms with E-state index in [0.717, 1.165) is 0 Å². The molecule has 0 radical (unpaired) electrons. The summed E-state index contributed by atoms with van der Waals surface area (Å²) in [5, 5.41) is 0. The molecule has 0 amide bonds. The molecule has 0 spiro atoms. The fourth-order valence-corrected chi connectivity index (χ4v) is 0.514. The second-order valence-electron chi connectivity index (χ2n) is 1.73. The molecule has 0 rings (SSSR count). The zero-order chi connectivity index (χ0) is 8.15. The summed E-state index contributed by atoms with van der Waals surface area (Å²) in [6.45, 7) is 3.32. The molecule has 0 aliphatic carbocycles. The van der Waals surface area contributed by atoms with Crippen LogP contribution in [0.2, 0.25) is 0 Å². The zero-order valence-corrected chi connectivity index (χ0v) is 7.47. The lowest BCUT2D eigenvalue weighted by Gasteiger charge is -2.03. The smallest absolute Gasteiger partial charge is 0.327 e. The summed E-state index contributed by atoms with van der Waals surface area (Å²) in [6, 6.07) is 0. The number of esters is 1. The summed E-state index contributed by atoms with van der Waals surface area (Å²) in [5.41, 5.74) is 0. The van der Waals surface area contributed by atoms with E-state index in [4.69, 9.17) is 0 Å². The van der Waals surface area contributed by atoms with Crippen LogP contribution in [0.5, 0.6) is 0 Å². The summed E-state index contributed by atoms with van der Waals surface area (Å²) < 4.78 is 4.56.